The van der Waals surface area contributed by atoms with Gasteiger partial charge in [-0.25, -0.2) is 0 Å². The number of hydrogen-bond donors (Lipinski definition) is 2. The molecule has 1 aliphatic carbocycles. The Morgan fingerprint density at radius 2 is 2.25 bits per heavy atom. The van der Waals surface area contributed by atoms with Crippen molar-refractivity contribution in [2.75, 3.05) is 6.54 Å². The average Bonchev–Trinajstić information content (AvgIpc) is 3.01. The summed E-state index contributed by atoms with van der Waals surface area (Å²) >= 11 is 0. The second-order valence-electron chi connectivity index (χ2n) is 5.53. The van der Waals surface area contributed by atoms with E-state index in [1.807, 2.05) is 31.3 Å². The lowest BCUT2D eigenvalue weighted by molar-refractivity contribution is 0.0941. The predicted octanol–water partition coefficient (Wildman–Crippen LogP) is 1.46. The highest BCUT2D eigenvalue weighted by Crippen LogP contribution is 2.24. The summed E-state index contributed by atoms with van der Waals surface area (Å²) < 4.78 is 1.73. The summed E-state index contributed by atoms with van der Waals surface area (Å²) in [5, 5.41) is 17.6. The number of nitrogens with zero attached hydrogens (tertiary/aromatic N) is 2. The number of rotatable bonds is 3. The molecule has 1 saturated carbocycles. The zero-order chi connectivity index (χ0) is 14.1. The zero-order valence-electron chi connectivity index (χ0n) is 11.5. The lowest BCUT2D eigenvalue weighted by Gasteiger charge is -2.09. The van der Waals surface area contributed by atoms with Crippen LogP contribution in [-0.4, -0.2) is 33.4 Å². The van der Waals surface area contributed by atoms with Gasteiger partial charge in [-0.3, -0.25) is 9.48 Å². The molecule has 0 saturated heterocycles. The van der Waals surface area contributed by atoms with E-state index in [0.717, 1.165) is 30.2 Å². The van der Waals surface area contributed by atoms with Crippen LogP contribution in [0.3, 0.4) is 0 Å². The van der Waals surface area contributed by atoms with E-state index in [2.05, 4.69) is 10.4 Å². The molecule has 20 heavy (non-hydrogen) atoms. The van der Waals surface area contributed by atoms with Gasteiger partial charge in [-0.2, -0.15) is 5.10 Å². The Hall–Kier alpha value is -1.88. The average molecular weight is 273 g/mol. The smallest absolute Gasteiger partial charge is 0.272 e. The molecule has 3 rings (SSSR count). The van der Waals surface area contributed by atoms with E-state index in [9.17, 15) is 9.90 Å². The molecule has 1 aromatic heterocycles. The lowest BCUT2D eigenvalue weighted by Crippen LogP contribution is -2.29. The first-order chi connectivity index (χ1) is 9.65. The Morgan fingerprint density at radius 3 is 3.00 bits per heavy atom. The number of aliphatic hydroxyl groups is 1. The molecule has 0 radical (unpaired) electrons. The lowest BCUT2D eigenvalue weighted by atomic mass is 10.1. The fourth-order valence-electron chi connectivity index (χ4n) is 2.94. The van der Waals surface area contributed by atoms with Crippen LogP contribution in [0.2, 0.25) is 0 Å². The molecule has 1 aliphatic rings. The first kappa shape index (κ1) is 13.1. The first-order valence-corrected chi connectivity index (χ1v) is 7.03. The molecule has 5 heteroatoms. The number of nitrogens with one attached hydrogen (secondary N) is 1. The van der Waals surface area contributed by atoms with Gasteiger partial charge in [-0.15, -0.1) is 0 Å². The van der Waals surface area contributed by atoms with Crippen LogP contribution in [-0.2, 0) is 7.05 Å². The molecule has 1 heterocycles. The molecule has 1 amide bonds. The van der Waals surface area contributed by atoms with Crippen molar-refractivity contribution in [2.45, 2.75) is 25.4 Å². The topological polar surface area (TPSA) is 67.2 Å². The molecule has 2 N–H and O–H groups in total. The van der Waals surface area contributed by atoms with Crippen LogP contribution >= 0.6 is 0 Å². The summed E-state index contributed by atoms with van der Waals surface area (Å²) in [6, 6.07) is 7.71. The highest BCUT2D eigenvalue weighted by Gasteiger charge is 2.24. The largest absolute Gasteiger partial charge is 0.393 e. The molecule has 1 fully saturated rings. The van der Waals surface area contributed by atoms with Crippen molar-refractivity contribution in [3.63, 3.8) is 0 Å². The van der Waals surface area contributed by atoms with Gasteiger partial charge in [0.25, 0.3) is 5.91 Å². The number of amides is 1. The number of aromatic nitrogens is 2. The number of aryl methyl sites for hydroxylation is 1. The molecule has 106 valence electrons. The van der Waals surface area contributed by atoms with E-state index in [0.29, 0.717) is 18.2 Å². The van der Waals surface area contributed by atoms with Gasteiger partial charge < -0.3 is 10.4 Å². The maximum atomic E-state index is 12.3. The summed E-state index contributed by atoms with van der Waals surface area (Å²) in [6.07, 6.45) is 2.40. The van der Waals surface area contributed by atoms with Crippen LogP contribution in [0.25, 0.3) is 10.9 Å². The number of carbonyl (C=O) groups excluding carboxylic acids is 1. The number of hydrogen-bond acceptors (Lipinski definition) is 3. The quantitative estimate of drug-likeness (QED) is 0.889. The van der Waals surface area contributed by atoms with Crippen molar-refractivity contribution in [1.29, 1.82) is 0 Å². The Labute approximate surface area is 117 Å². The van der Waals surface area contributed by atoms with E-state index in [-0.39, 0.29) is 12.0 Å². The number of carbonyl (C=O) groups is 1. The van der Waals surface area contributed by atoms with E-state index < -0.39 is 0 Å². The summed E-state index contributed by atoms with van der Waals surface area (Å²) in [7, 11) is 1.84. The molecule has 2 aromatic rings. The maximum absolute atomic E-state index is 12.3. The zero-order valence-corrected chi connectivity index (χ0v) is 11.5. The van der Waals surface area contributed by atoms with Crippen molar-refractivity contribution in [3.8, 4) is 0 Å². The van der Waals surface area contributed by atoms with E-state index >= 15 is 0 Å². The van der Waals surface area contributed by atoms with Crippen molar-refractivity contribution in [3.05, 3.63) is 30.0 Å². The monoisotopic (exact) mass is 273 g/mol. The van der Waals surface area contributed by atoms with Crippen LogP contribution in [0.1, 0.15) is 29.8 Å². The van der Waals surface area contributed by atoms with Gasteiger partial charge in [0.05, 0.1) is 11.6 Å². The Kier molecular flexibility index (Phi) is 3.44. The van der Waals surface area contributed by atoms with Crippen molar-refractivity contribution < 1.29 is 9.90 Å². The second kappa shape index (κ2) is 5.25. The fraction of sp³-hybridized carbons (Fsp3) is 0.467. The van der Waals surface area contributed by atoms with Gasteiger partial charge in [0.1, 0.15) is 0 Å². The molecule has 0 spiro atoms. The van der Waals surface area contributed by atoms with Crippen LogP contribution in [0.15, 0.2) is 24.3 Å². The standard InChI is InChI=1S/C15H19N3O2/c1-18-13-5-3-2-4-12(13)14(17-18)15(20)16-9-10-6-7-11(19)8-10/h2-5,10-11,19H,6-9H2,1H3,(H,16,20). The van der Waals surface area contributed by atoms with Crippen molar-refractivity contribution >= 4 is 16.8 Å². The normalized spacial score (nSPS) is 22.3. The molecular weight excluding hydrogens is 254 g/mol. The Bertz CT molecular complexity index is 635. The van der Waals surface area contributed by atoms with Crippen LogP contribution in [0, 0.1) is 5.92 Å². The van der Waals surface area contributed by atoms with E-state index in [1.54, 1.807) is 4.68 Å². The van der Waals surface area contributed by atoms with Crippen LogP contribution in [0.5, 0.6) is 0 Å². The maximum Gasteiger partial charge on any atom is 0.272 e. The second-order valence-corrected chi connectivity index (χ2v) is 5.53. The molecule has 1 aromatic carbocycles. The molecular formula is C15H19N3O2. The molecule has 0 aliphatic heterocycles. The number of fused-ring (bicyclic) bond motifs is 1. The fourth-order valence-corrected chi connectivity index (χ4v) is 2.94. The minimum Gasteiger partial charge on any atom is -0.393 e. The third-order valence-electron chi connectivity index (χ3n) is 4.04. The highest BCUT2D eigenvalue weighted by atomic mass is 16.3. The van der Waals surface area contributed by atoms with E-state index in [4.69, 9.17) is 0 Å². The minimum atomic E-state index is -0.201. The van der Waals surface area contributed by atoms with Gasteiger partial charge in [-0.05, 0) is 31.2 Å². The summed E-state index contributed by atoms with van der Waals surface area (Å²) in [4.78, 5) is 12.3. The number of benzene rings is 1. The molecule has 0 bridgehead atoms. The van der Waals surface area contributed by atoms with Crippen LogP contribution in [0.4, 0.5) is 0 Å². The van der Waals surface area contributed by atoms with Gasteiger partial charge >= 0.3 is 0 Å². The minimum absolute atomic E-state index is 0.136. The first-order valence-electron chi connectivity index (χ1n) is 7.03. The van der Waals surface area contributed by atoms with Crippen LogP contribution < -0.4 is 5.32 Å². The van der Waals surface area contributed by atoms with Gasteiger partial charge in [0.2, 0.25) is 0 Å². The third-order valence-corrected chi connectivity index (χ3v) is 4.04. The van der Waals surface area contributed by atoms with Crippen molar-refractivity contribution in [1.82, 2.24) is 15.1 Å². The third kappa shape index (κ3) is 2.41. The highest BCUT2D eigenvalue weighted by molar-refractivity contribution is 6.04. The van der Waals surface area contributed by atoms with Gasteiger partial charge in [-0.1, -0.05) is 18.2 Å². The molecule has 2 unspecified atom stereocenters. The van der Waals surface area contributed by atoms with E-state index in [1.165, 1.54) is 0 Å². The summed E-state index contributed by atoms with van der Waals surface area (Å²) in [6.45, 7) is 0.612. The molecule has 2 atom stereocenters. The van der Waals surface area contributed by atoms with Gasteiger partial charge in [0, 0.05) is 19.0 Å². The van der Waals surface area contributed by atoms with Crippen molar-refractivity contribution in [2.24, 2.45) is 13.0 Å². The Morgan fingerprint density at radius 1 is 1.45 bits per heavy atom. The summed E-state index contributed by atoms with van der Waals surface area (Å²) in [5.74, 6) is 0.243. The van der Waals surface area contributed by atoms with Gasteiger partial charge in [0.15, 0.2) is 5.69 Å². The number of aliphatic hydroxyl groups excluding tert-OH is 1. The summed E-state index contributed by atoms with van der Waals surface area (Å²) in [5.41, 5.74) is 1.43. The number of para-hydroxylation sites is 1. The predicted molar refractivity (Wildman–Crippen MR) is 76.4 cm³/mol. The molecule has 5 nitrogen and oxygen atoms in total. The Balaban J connectivity index is 1.73. The SMILES string of the molecule is Cn1nc(C(=O)NCC2CCC(O)C2)c2ccccc21.